The number of hydrogen-bond donors (Lipinski definition) is 0. The Balaban J connectivity index is 1.03. The molecule has 0 amide bonds. The zero-order valence-electron chi connectivity index (χ0n) is 29.8. The number of fused-ring (bicyclic) bond motifs is 4. The molecule has 258 valence electrons. The summed E-state index contributed by atoms with van der Waals surface area (Å²) in [7, 11) is 0. The molecule has 0 N–H and O–H groups in total. The van der Waals surface area contributed by atoms with Gasteiger partial charge in [0.05, 0.1) is 10.8 Å². The normalized spacial score (nSPS) is 20.6. The van der Waals surface area contributed by atoms with Crippen molar-refractivity contribution in [1.29, 1.82) is 0 Å². The Morgan fingerprint density at radius 1 is 0.615 bits per heavy atom. The van der Waals surface area contributed by atoms with Crippen LogP contribution in [0.4, 0.5) is 11.4 Å². The number of carbonyl (C=O) groups excluding carboxylic acids is 2. The maximum atomic E-state index is 13.6. The first kappa shape index (κ1) is 32.7. The number of nitrogens with zero attached hydrogens (tertiary/aromatic N) is 2. The number of ketones is 2. The molecule has 9 rings (SSSR count). The highest BCUT2D eigenvalue weighted by Gasteiger charge is 2.46. The van der Waals surface area contributed by atoms with Crippen LogP contribution in [0.1, 0.15) is 62.4 Å². The summed E-state index contributed by atoms with van der Waals surface area (Å²) in [6.45, 7) is 14.2. The average Bonchev–Trinajstić information content (AvgIpc) is 3.83. The van der Waals surface area contributed by atoms with E-state index < -0.39 is 0 Å². The summed E-state index contributed by atoms with van der Waals surface area (Å²) in [5.74, 6) is -0.877. The van der Waals surface area contributed by atoms with Crippen molar-refractivity contribution in [2.45, 2.75) is 52.4 Å². The second kappa shape index (κ2) is 11.2. The minimum atomic E-state index is -0.336. The Hall–Kier alpha value is -5.18. The van der Waals surface area contributed by atoms with Crippen molar-refractivity contribution in [2.75, 3.05) is 13.1 Å². The van der Waals surface area contributed by atoms with E-state index in [1.807, 2.05) is 48.5 Å². The number of rotatable bonds is 6. The largest absolute Gasteiger partial charge is 0.871 e. The number of para-hydroxylation sites is 2. The van der Waals surface area contributed by atoms with E-state index in [0.717, 1.165) is 56.1 Å². The van der Waals surface area contributed by atoms with Crippen LogP contribution in [0.3, 0.4) is 0 Å². The van der Waals surface area contributed by atoms with Crippen LogP contribution in [0.25, 0.3) is 31.3 Å². The lowest BCUT2D eigenvalue weighted by molar-refractivity contribution is -0.433. The molecular formula is C44H36N2O4S2. The molecule has 0 atom stereocenters. The molecule has 4 aliphatic rings. The van der Waals surface area contributed by atoms with E-state index in [1.165, 1.54) is 33.8 Å². The fourth-order valence-electron chi connectivity index (χ4n) is 8.51. The summed E-state index contributed by atoms with van der Waals surface area (Å²) in [5, 5.41) is 29.0. The topological polar surface area (TPSA) is 86.3 Å². The lowest BCUT2D eigenvalue weighted by Crippen LogP contribution is -2.33. The quantitative estimate of drug-likeness (QED) is 0.135. The molecule has 0 spiro atoms. The molecule has 0 fully saturated rings. The van der Waals surface area contributed by atoms with E-state index in [2.05, 4.69) is 75.0 Å². The summed E-state index contributed by atoms with van der Waals surface area (Å²) >= 11 is 2.84. The average molecular weight is 721 g/mol. The van der Waals surface area contributed by atoms with Gasteiger partial charge in [0.25, 0.3) is 0 Å². The van der Waals surface area contributed by atoms with E-state index in [4.69, 9.17) is 0 Å². The van der Waals surface area contributed by atoms with Crippen LogP contribution in [-0.2, 0) is 20.4 Å². The Morgan fingerprint density at radius 2 is 1.00 bits per heavy atom. The van der Waals surface area contributed by atoms with Gasteiger partial charge in [0, 0.05) is 76.9 Å². The van der Waals surface area contributed by atoms with Crippen molar-refractivity contribution in [2.24, 2.45) is 0 Å². The third-order valence-corrected chi connectivity index (χ3v) is 13.6. The minimum Gasteiger partial charge on any atom is -0.871 e. The molecule has 2 aliphatic carbocycles. The first-order valence-electron chi connectivity index (χ1n) is 17.7. The molecule has 0 radical (unpaired) electrons. The lowest BCUT2D eigenvalue weighted by atomic mass is 9.78. The minimum absolute atomic E-state index is 0.219. The number of carbonyl (C=O) groups is 2. The zero-order chi connectivity index (χ0) is 36.4. The third-order valence-electron chi connectivity index (χ3n) is 11.3. The van der Waals surface area contributed by atoms with E-state index in [-0.39, 0.29) is 56.2 Å². The number of allylic oxidation sites excluding steroid dienone is 6. The van der Waals surface area contributed by atoms with Crippen LogP contribution in [0.2, 0.25) is 0 Å². The van der Waals surface area contributed by atoms with Crippen molar-refractivity contribution in [3.63, 3.8) is 0 Å². The summed E-state index contributed by atoms with van der Waals surface area (Å²) in [5.41, 5.74) is 6.77. The van der Waals surface area contributed by atoms with Crippen LogP contribution < -0.4 is 10.2 Å². The van der Waals surface area contributed by atoms with Crippen molar-refractivity contribution < 1.29 is 29.0 Å². The fourth-order valence-corrected chi connectivity index (χ4v) is 10.8. The molecule has 8 heteroatoms. The fraction of sp³-hybridized carbons (Fsp3) is 0.227. The number of thiophene rings is 2. The van der Waals surface area contributed by atoms with Crippen molar-refractivity contribution in [3.8, 4) is 0 Å². The summed E-state index contributed by atoms with van der Waals surface area (Å²) in [6, 6.07) is 24.3. The zero-order valence-corrected chi connectivity index (χ0v) is 31.5. The van der Waals surface area contributed by atoms with Gasteiger partial charge in [-0.25, -0.2) is 0 Å². The smallest absolute Gasteiger partial charge is 0.209 e. The van der Waals surface area contributed by atoms with E-state index in [0.29, 0.717) is 9.75 Å². The number of benzene rings is 3. The maximum Gasteiger partial charge on any atom is 0.209 e. The Kier molecular flexibility index (Phi) is 7.02. The highest BCUT2D eigenvalue weighted by atomic mass is 32.1. The predicted molar refractivity (Wildman–Crippen MR) is 207 cm³/mol. The summed E-state index contributed by atoms with van der Waals surface area (Å²) in [4.78, 5) is 28.4. The molecule has 0 saturated carbocycles. The van der Waals surface area contributed by atoms with Crippen molar-refractivity contribution >= 4 is 88.4 Å². The molecule has 4 heterocycles. The molecule has 0 saturated heterocycles. The monoisotopic (exact) mass is 720 g/mol. The second-order valence-electron chi connectivity index (χ2n) is 14.9. The summed E-state index contributed by atoms with van der Waals surface area (Å²) in [6.07, 6.45) is 3.60. The van der Waals surface area contributed by atoms with Gasteiger partial charge in [-0.2, -0.15) is 9.15 Å². The molecule has 3 aromatic carbocycles. The highest BCUT2D eigenvalue weighted by molar-refractivity contribution is 7.22. The Labute approximate surface area is 310 Å². The van der Waals surface area contributed by atoms with Gasteiger partial charge in [-0.15, -0.1) is 22.7 Å². The molecular weight excluding hydrogens is 685 g/mol. The molecule has 2 aromatic heterocycles. The van der Waals surface area contributed by atoms with Gasteiger partial charge in [-0.05, 0) is 76.6 Å². The lowest BCUT2D eigenvalue weighted by Gasteiger charge is -2.30. The van der Waals surface area contributed by atoms with Crippen LogP contribution in [0.15, 0.2) is 108 Å². The highest BCUT2D eigenvalue weighted by Crippen LogP contribution is 2.47. The second-order valence-corrected chi connectivity index (χ2v) is 17.0. The van der Waals surface area contributed by atoms with Crippen LogP contribution in [0, 0.1) is 0 Å². The van der Waals surface area contributed by atoms with E-state index in [9.17, 15) is 19.8 Å². The van der Waals surface area contributed by atoms with Gasteiger partial charge < -0.3 is 10.2 Å². The first-order valence-corrected chi connectivity index (χ1v) is 19.3. The Morgan fingerprint density at radius 3 is 1.37 bits per heavy atom. The van der Waals surface area contributed by atoms with Gasteiger partial charge in [-0.3, -0.25) is 9.59 Å². The van der Waals surface area contributed by atoms with Crippen molar-refractivity contribution in [3.05, 3.63) is 128 Å². The van der Waals surface area contributed by atoms with Gasteiger partial charge in [0.2, 0.25) is 11.4 Å². The molecule has 2 aliphatic heterocycles. The van der Waals surface area contributed by atoms with Gasteiger partial charge in [0.1, 0.15) is 13.1 Å². The standard InChI is InChI=1S/C44H36N2O4S2/c1-7-45-29-15-11-9-13-27(29)43(3,4)35(45)21-25-39(47)37(40(25)48)33-19-23-17-32-24(18-31(23)51-33)20-34(52-32)38-41(49)26(42(38)50)22-36-44(5,6)28-14-10-12-16-30(28)46(36)8-2/h9-22H,7-8H2,1-6H3. The molecule has 5 aromatic rings. The maximum absolute atomic E-state index is 13.6. The van der Waals surface area contributed by atoms with Gasteiger partial charge >= 0.3 is 0 Å². The van der Waals surface area contributed by atoms with Crippen molar-refractivity contribution in [1.82, 2.24) is 0 Å². The number of Topliss-reactive ketones (excluding diaryl/α,β-unsaturated/α-hetero) is 2. The third kappa shape index (κ3) is 4.34. The molecule has 0 bridgehead atoms. The molecule has 6 nitrogen and oxygen atoms in total. The van der Waals surface area contributed by atoms with E-state index in [1.54, 1.807) is 12.2 Å². The SMILES string of the molecule is CC[N+]1=C(/C=C2\C(=O)C(c3cc4cc5sc(C6=C([O-])/C(=C/C7=[N+](CC)c8ccccc8C7(C)C)C6=O)cc5cc4s3)=C2[O-])C(C)(C)c2ccccc21. The van der Waals surface area contributed by atoms with Crippen LogP contribution >= 0.6 is 22.7 Å². The van der Waals surface area contributed by atoms with Gasteiger partial charge in [-0.1, -0.05) is 47.9 Å². The van der Waals surface area contributed by atoms with E-state index >= 15 is 0 Å². The summed E-state index contributed by atoms with van der Waals surface area (Å²) < 4.78 is 6.25. The van der Waals surface area contributed by atoms with Gasteiger partial charge in [0.15, 0.2) is 23.0 Å². The first-order chi connectivity index (χ1) is 24.9. The molecule has 0 unspecified atom stereocenters. The number of hydrogen-bond acceptors (Lipinski definition) is 6. The van der Waals surface area contributed by atoms with Crippen LogP contribution in [-0.4, -0.2) is 45.2 Å². The van der Waals surface area contributed by atoms with Crippen LogP contribution in [0.5, 0.6) is 0 Å². The Bertz CT molecular complexity index is 2470. The molecule has 52 heavy (non-hydrogen) atoms. The predicted octanol–water partition coefficient (Wildman–Crippen LogP) is 7.47.